The van der Waals surface area contributed by atoms with E-state index in [1.54, 1.807) is 12.1 Å². The Bertz CT molecular complexity index is 610. The number of hydrogen-bond acceptors (Lipinski definition) is 5. The number of nitrogens with zero attached hydrogens (tertiary/aromatic N) is 2. The molecule has 6 heteroatoms. The minimum atomic E-state index is -0.350. The van der Waals surface area contributed by atoms with E-state index in [2.05, 4.69) is 9.59 Å². The molecule has 1 fully saturated rings. The second kappa shape index (κ2) is 5.27. The van der Waals surface area contributed by atoms with Gasteiger partial charge in [0.1, 0.15) is 6.61 Å². The summed E-state index contributed by atoms with van der Waals surface area (Å²) in [5.74, 6) is 0.0457. The number of ether oxygens (including phenoxy) is 1. The molecule has 0 bridgehead atoms. The SMILES string of the molecule is O=C(OCc1cccc(Cl)c1)c1snnc1C1CC1. The summed E-state index contributed by atoms with van der Waals surface area (Å²) in [5, 5.41) is 4.65. The number of aromatic nitrogens is 2. The summed E-state index contributed by atoms with van der Waals surface area (Å²) in [6.07, 6.45) is 2.17. The zero-order chi connectivity index (χ0) is 13.2. The van der Waals surface area contributed by atoms with Crippen LogP contribution < -0.4 is 0 Å². The van der Waals surface area contributed by atoms with Gasteiger partial charge in [0.05, 0.1) is 5.69 Å². The molecule has 0 unspecified atom stereocenters. The standard InChI is InChI=1S/C13H11ClN2O2S/c14-10-3-1-2-8(6-10)7-18-13(17)12-11(9-4-5-9)15-16-19-12/h1-3,6,9H,4-5,7H2. The van der Waals surface area contributed by atoms with Gasteiger partial charge in [0.15, 0.2) is 4.88 Å². The fourth-order valence-electron chi connectivity index (χ4n) is 1.80. The average Bonchev–Trinajstić information content (AvgIpc) is 3.13. The lowest BCUT2D eigenvalue weighted by Crippen LogP contribution is -2.06. The monoisotopic (exact) mass is 294 g/mol. The van der Waals surface area contributed by atoms with Gasteiger partial charge in [0, 0.05) is 10.9 Å². The Hall–Kier alpha value is -1.46. The van der Waals surface area contributed by atoms with Crippen LogP contribution in [0.15, 0.2) is 24.3 Å². The molecule has 3 rings (SSSR count). The number of carbonyl (C=O) groups is 1. The summed E-state index contributed by atoms with van der Waals surface area (Å²) < 4.78 is 9.12. The Morgan fingerprint density at radius 3 is 3.05 bits per heavy atom. The number of halogens is 1. The summed E-state index contributed by atoms with van der Waals surface area (Å²) in [5.41, 5.74) is 1.66. The predicted octanol–water partition coefficient (Wildman–Crippen LogP) is 3.43. The number of esters is 1. The van der Waals surface area contributed by atoms with Gasteiger partial charge in [-0.2, -0.15) is 0 Å². The van der Waals surface area contributed by atoms with Gasteiger partial charge >= 0.3 is 5.97 Å². The third-order valence-corrected chi connectivity index (χ3v) is 3.88. The summed E-state index contributed by atoms with van der Waals surface area (Å²) in [6, 6.07) is 7.26. The first kappa shape index (κ1) is 12.6. The van der Waals surface area contributed by atoms with E-state index in [1.807, 2.05) is 12.1 Å². The van der Waals surface area contributed by atoms with Crippen LogP contribution in [0.5, 0.6) is 0 Å². The van der Waals surface area contributed by atoms with Crippen LogP contribution in [0.1, 0.15) is 39.7 Å². The molecule has 0 amide bonds. The maximum absolute atomic E-state index is 12.0. The quantitative estimate of drug-likeness (QED) is 0.811. The predicted molar refractivity (Wildman–Crippen MR) is 72.5 cm³/mol. The average molecular weight is 295 g/mol. The Balaban J connectivity index is 1.66. The van der Waals surface area contributed by atoms with Crippen molar-refractivity contribution < 1.29 is 9.53 Å². The molecule has 1 heterocycles. The first-order valence-electron chi connectivity index (χ1n) is 5.98. The van der Waals surface area contributed by atoms with Crippen LogP contribution in [0.4, 0.5) is 0 Å². The lowest BCUT2D eigenvalue weighted by Gasteiger charge is -2.04. The Morgan fingerprint density at radius 1 is 1.47 bits per heavy atom. The minimum Gasteiger partial charge on any atom is -0.457 e. The Morgan fingerprint density at radius 2 is 2.32 bits per heavy atom. The van der Waals surface area contributed by atoms with Crippen molar-refractivity contribution in [1.82, 2.24) is 9.59 Å². The second-order valence-corrected chi connectivity index (χ2v) is 5.66. The summed E-state index contributed by atoms with van der Waals surface area (Å²) in [6.45, 7) is 0.210. The van der Waals surface area contributed by atoms with Gasteiger partial charge in [-0.3, -0.25) is 0 Å². The molecule has 1 aliphatic carbocycles. The highest BCUT2D eigenvalue weighted by Crippen LogP contribution is 2.41. The lowest BCUT2D eigenvalue weighted by atomic mass is 10.2. The molecule has 19 heavy (non-hydrogen) atoms. The number of benzene rings is 1. The van der Waals surface area contributed by atoms with E-state index in [0.29, 0.717) is 15.8 Å². The molecule has 4 nitrogen and oxygen atoms in total. The van der Waals surface area contributed by atoms with Crippen LogP contribution in [0.25, 0.3) is 0 Å². The zero-order valence-corrected chi connectivity index (χ0v) is 11.6. The second-order valence-electron chi connectivity index (χ2n) is 4.47. The van der Waals surface area contributed by atoms with Crippen molar-refractivity contribution in [3.05, 3.63) is 45.4 Å². The molecule has 0 saturated heterocycles. The molecule has 2 aromatic rings. The fourth-order valence-corrected chi connectivity index (χ4v) is 2.66. The largest absolute Gasteiger partial charge is 0.457 e. The van der Waals surface area contributed by atoms with Crippen molar-refractivity contribution in [2.45, 2.75) is 25.4 Å². The molecule has 0 spiro atoms. The number of hydrogen-bond donors (Lipinski definition) is 0. The van der Waals surface area contributed by atoms with Crippen LogP contribution in [0.2, 0.25) is 5.02 Å². The van der Waals surface area contributed by atoms with Crippen LogP contribution in [-0.2, 0) is 11.3 Å². The van der Waals surface area contributed by atoms with Gasteiger partial charge in [0.25, 0.3) is 0 Å². The Labute approximate surface area is 119 Å². The van der Waals surface area contributed by atoms with Gasteiger partial charge in [-0.25, -0.2) is 4.79 Å². The van der Waals surface area contributed by atoms with Crippen molar-refractivity contribution in [3.63, 3.8) is 0 Å². The molecule has 0 atom stereocenters. The maximum Gasteiger partial charge on any atom is 0.352 e. The van der Waals surface area contributed by atoms with Crippen molar-refractivity contribution >= 4 is 29.1 Å². The summed E-state index contributed by atoms with van der Waals surface area (Å²) in [4.78, 5) is 12.5. The van der Waals surface area contributed by atoms with Crippen molar-refractivity contribution in [2.75, 3.05) is 0 Å². The summed E-state index contributed by atoms with van der Waals surface area (Å²) >= 11 is 6.98. The van der Waals surface area contributed by atoms with Crippen molar-refractivity contribution in [2.24, 2.45) is 0 Å². The lowest BCUT2D eigenvalue weighted by molar-refractivity contribution is 0.0477. The van der Waals surface area contributed by atoms with Crippen molar-refractivity contribution in [1.29, 1.82) is 0 Å². The van der Waals surface area contributed by atoms with Crippen LogP contribution in [0, 0.1) is 0 Å². The van der Waals surface area contributed by atoms with E-state index in [0.717, 1.165) is 35.6 Å². The molecule has 1 aromatic heterocycles. The highest BCUT2D eigenvalue weighted by molar-refractivity contribution is 7.07. The molecule has 1 saturated carbocycles. The molecular formula is C13H11ClN2O2S. The van der Waals surface area contributed by atoms with Gasteiger partial charge < -0.3 is 4.74 Å². The fraction of sp³-hybridized carbons (Fsp3) is 0.308. The highest BCUT2D eigenvalue weighted by Gasteiger charge is 2.32. The first-order valence-corrected chi connectivity index (χ1v) is 7.13. The highest BCUT2D eigenvalue weighted by atomic mass is 35.5. The van der Waals surface area contributed by atoms with Gasteiger partial charge in [-0.1, -0.05) is 28.2 Å². The normalized spacial score (nSPS) is 14.4. The third kappa shape index (κ3) is 2.93. The number of rotatable bonds is 4. The molecule has 98 valence electrons. The Kier molecular flexibility index (Phi) is 3.48. The van der Waals surface area contributed by atoms with E-state index in [1.165, 1.54) is 0 Å². The molecule has 1 aliphatic rings. The summed E-state index contributed by atoms with van der Waals surface area (Å²) in [7, 11) is 0. The van der Waals surface area contributed by atoms with E-state index in [9.17, 15) is 4.79 Å². The van der Waals surface area contributed by atoms with Gasteiger partial charge in [-0.05, 0) is 42.1 Å². The molecule has 0 radical (unpaired) electrons. The van der Waals surface area contributed by atoms with E-state index < -0.39 is 0 Å². The number of carbonyl (C=O) groups excluding carboxylic acids is 1. The first-order chi connectivity index (χ1) is 9.24. The van der Waals surface area contributed by atoms with Crippen molar-refractivity contribution in [3.8, 4) is 0 Å². The van der Waals surface area contributed by atoms with Crippen LogP contribution in [0.3, 0.4) is 0 Å². The maximum atomic E-state index is 12.0. The minimum absolute atomic E-state index is 0.210. The smallest absolute Gasteiger partial charge is 0.352 e. The van der Waals surface area contributed by atoms with Crippen LogP contribution in [-0.4, -0.2) is 15.6 Å². The molecule has 0 N–H and O–H groups in total. The van der Waals surface area contributed by atoms with E-state index in [4.69, 9.17) is 16.3 Å². The van der Waals surface area contributed by atoms with E-state index >= 15 is 0 Å². The van der Waals surface area contributed by atoms with Crippen LogP contribution >= 0.6 is 23.1 Å². The molecule has 0 aliphatic heterocycles. The molecule has 1 aromatic carbocycles. The molecular weight excluding hydrogens is 284 g/mol. The van der Waals surface area contributed by atoms with E-state index in [-0.39, 0.29) is 12.6 Å². The third-order valence-electron chi connectivity index (χ3n) is 2.92. The topological polar surface area (TPSA) is 52.1 Å². The van der Waals surface area contributed by atoms with Gasteiger partial charge in [0.2, 0.25) is 0 Å². The zero-order valence-electron chi connectivity index (χ0n) is 10.0. The van der Waals surface area contributed by atoms with Gasteiger partial charge in [-0.15, -0.1) is 5.10 Å².